The fourth-order valence-corrected chi connectivity index (χ4v) is 3.71. The van der Waals surface area contributed by atoms with Crippen LogP contribution in [0.1, 0.15) is 45.3 Å². The largest absolute Gasteiger partial charge is 0.451 e. The second-order valence-corrected chi connectivity index (χ2v) is 7.38. The Morgan fingerprint density at radius 1 is 1.46 bits per heavy atom. The van der Waals surface area contributed by atoms with Crippen molar-refractivity contribution in [2.24, 2.45) is 5.92 Å². The number of carbonyl (C=O) groups excluding carboxylic acids is 4. The minimum absolute atomic E-state index is 0.00524. The Morgan fingerprint density at radius 2 is 2.21 bits per heavy atom. The van der Waals surface area contributed by atoms with Gasteiger partial charge in [0.05, 0.1) is 0 Å². The lowest BCUT2D eigenvalue weighted by Crippen LogP contribution is -2.54. The molecule has 0 aromatic carbocycles. The van der Waals surface area contributed by atoms with E-state index in [9.17, 15) is 19.2 Å². The molecule has 28 heavy (non-hydrogen) atoms. The van der Waals surface area contributed by atoms with Crippen LogP contribution < -0.4 is 10.6 Å². The third kappa shape index (κ3) is 3.71. The number of urea groups is 1. The molecule has 1 spiro atoms. The monoisotopic (exact) mass is 392 g/mol. The van der Waals surface area contributed by atoms with Crippen molar-refractivity contribution < 1.29 is 28.4 Å². The summed E-state index contributed by atoms with van der Waals surface area (Å²) >= 11 is 0. The lowest BCUT2D eigenvalue weighted by atomic mass is 9.73. The molecule has 3 atom stereocenters. The smallest absolute Gasteiger partial charge is 0.327 e. The molecule has 1 saturated carbocycles. The van der Waals surface area contributed by atoms with Crippen molar-refractivity contribution in [2.45, 2.75) is 58.1 Å². The highest BCUT2D eigenvalue weighted by Gasteiger charge is 2.55. The Bertz CT molecular complexity index is 806. The van der Waals surface area contributed by atoms with Crippen molar-refractivity contribution >= 4 is 29.6 Å². The molecular weight excluding hydrogens is 368 g/mol. The first kappa shape index (κ1) is 19.8. The molecule has 0 unspecified atom stereocenters. The molecule has 0 bridgehead atoms. The van der Waals surface area contributed by atoms with E-state index in [0.29, 0.717) is 12.2 Å². The van der Waals surface area contributed by atoms with Crippen LogP contribution >= 0.6 is 0 Å². The number of aromatic nitrogens is 1. The minimum atomic E-state index is -1.13. The minimum Gasteiger partial charge on any atom is -0.451 e. The Hall–Kier alpha value is -2.91. The van der Waals surface area contributed by atoms with Crippen molar-refractivity contribution in [3.8, 4) is 0 Å². The van der Waals surface area contributed by atoms with E-state index in [1.807, 2.05) is 6.92 Å². The van der Waals surface area contributed by atoms with Crippen molar-refractivity contribution in [1.82, 2.24) is 15.4 Å². The van der Waals surface area contributed by atoms with Crippen LogP contribution in [0.4, 0.5) is 10.6 Å². The highest BCUT2D eigenvalue weighted by Crippen LogP contribution is 2.38. The number of hydrogen-bond acceptors (Lipinski definition) is 7. The maximum atomic E-state index is 12.8. The highest BCUT2D eigenvalue weighted by atomic mass is 16.5. The van der Waals surface area contributed by atoms with E-state index in [-0.39, 0.29) is 11.7 Å². The number of imide groups is 1. The van der Waals surface area contributed by atoms with Gasteiger partial charge < -0.3 is 19.9 Å². The molecule has 2 fully saturated rings. The third-order valence-corrected chi connectivity index (χ3v) is 5.35. The van der Waals surface area contributed by atoms with Crippen molar-refractivity contribution in [2.75, 3.05) is 11.9 Å². The molecule has 2 heterocycles. The van der Waals surface area contributed by atoms with Gasteiger partial charge in [-0.05, 0) is 32.6 Å². The summed E-state index contributed by atoms with van der Waals surface area (Å²) in [4.78, 5) is 50.3. The molecule has 1 aliphatic carbocycles. The predicted molar refractivity (Wildman–Crippen MR) is 96.0 cm³/mol. The van der Waals surface area contributed by atoms with E-state index in [4.69, 9.17) is 9.26 Å². The van der Waals surface area contributed by atoms with Gasteiger partial charge in [0, 0.05) is 6.07 Å². The summed E-state index contributed by atoms with van der Waals surface area (Å²) in [7, 11) is 0. The summed E-state index contributed by atoms with van der Waals surface area (Å²) in [5, 5.41) is 8.84. The van der Waals surface area contributed by atoms with Crippen LogP contribution in [0.2, 0.25) is 0 Å². The lowest BCUT2D eigenvalue weighted by molar-refractivity contribution is -0.155. The average molecular weight is 392 g/mol. The zero-order valence-corrected chi connectivity index (χ0v) is 16.1. The second-order valence-electron chi connectivity index (χ2n) is 7.38. The fraction of sp³-hybridized carbons (Fsp3) is 0.611. The van der Waals surface area contributed by atoms with Gasteiger partial charge in [-0.3, -0.25) is 19.3 Å². The first-order valence-electron chi connectivity index (χ1n) is 9.30. The standard InChI is InChI=1S/C18H24N4O6/c1-10-6-4-5-7-18(10)16(25)22(17(26)20-18)9-14(23)27-12(3)15(24)19-13-8-11(2)28-21-13/h8,10,12H,4-7,9H2,1-3H3,(H,20,26)(H,19,21,24)/t10-,12+,18-/m0/s1. The number of aryl methyl sites for hydroxylation is 1. The van der Waals surface area contributed by atoms with Gasteiger partial charge in [-0.15, -0.1) is 0 Å². The van der Waals surface area contributed by atoms with E-state index >= 15 is 0 Å². The summed E-state index contributed by atoms with van der Waals surface area (Å²) in [5.41, 5.74) is -0.941. The number of nitrogens with one attached hydrogen (secondary N) is 2. The zero-order valence-electron chi connectivity index (χ0n) is 16.1. The van der Waals surface area contributed by atoms with E-state index in [0.717, 1.165) is 24.2 Å². The SMILES string of the molecule is Cc1cc(NC(=O)[C@@H](C)OC(=O)CN2C(=O)N[C@]3(CCCC[C@@H]3C)C2=O)no1. The van der Waals surface area contributed by atoms with Gasteiger partial charge in [-0.2, -0.15) is 0 Å². The summed E-state index contributed by atoms with van der Waals surface area (Å²) in [5.74, 6) is -1.14. The molecule has 2 N–H and O–H groups in total. The first-order chi connectivity index (χ1) is 13.2. The van der Waals surface area contributed by atoms with Gasteiger partial charge in [0.25, 0.3) is 11.8 Å². The maximum absolute atomic E-state index is 12.8. The summed E-state index contributed by atoms with van der Waals surface area (Å²) in [6, 6.07) is 0.913. The van der Waals surface area contributed by atoms with Crippen molar-refractivity contribution in [1.29, 1.82) is 0 Å². The lowest BCUT2D eigenvalue weighted by Gasteiger charge is -2.36. The first-order valence-corrected chi connectivity index (χ1v) is 9.30. The number of amides is 4. The molecule has 1 aliphatic heterocycles. The third-order valence-electron chi connectivity index (χ3n) is 5.35. The molecule has 1 aromatic heterocycles. The normalized spacial score (nSPS) is 25.5. The summed E-state index contributed by atoms with van der Waals surface area (Å²) < 4.78 is 9.91. The maximum Gasteiger partial charge on any atom is 0.327 e. The number of anilines is 1. The molecule has 0 radical (unpaired) electrons. The molecule has 10 nitrogen and oxygen atoms in total. The molecular formula is C18H24N4O6. The van der Waals surface area contributed by atoms with E-state index < -0.39 is 42.0 Å². The Labute approximate surface area is 161 Å². The number of rotatable bonds is 5. The van der Waals surface area contributed by atoms with Crippen molar-refractivity contribution in [3.63, 3.8) is 0 Å². The topological polar surface area (TPSA) is 131 Å². The number of hydrogen-bond donors (Lipinski definition) is 2. The van der Waals surface area contributed by atoms with Gasteiger partial charge in [0.1, 0.15) is 17.8 Å². The molecule has 10 heteroatoms. The van der Waals surface area contributed by atoms with E-state index in [2.05, 4.69) is 15.8 Å². The molecule has 3 rings (SSSR count). The van der Waals surface area contributed by atoms with Crippen LogP contribution in [0.3, 0.4) is 0 Å². The molecule has 152 valence electrons. The van der Waals surface area contributed by atoms with Crippen LogP contribution in [-0.4, -0.2) is 52.1 Å². The average Bonchev–Trinajstić information content (AvgIpc) is 3.14. The van der Waals surface area contributed by atoms with E-state index in [1.54, 1.807) is 6.92 Å². The Balaban J connectivity index is 1.57. The molecule has 1 saturated heterocycles. The predicted octanol–water partition coefficient (Wildman–Crippen LogP) is 1.35. The summed E-state index contributed by atoms with van der Waals surface area (Å²) in [6.07, 6.45) is 2.11. The second kappa shape index (κ2) is 7.61. The van der Waals surface area contributed by atoms with Crippen LogP contribution in [0.15, 0.2) is 10.6 Å². The zero-order chi connectivity index (χ0) is 20.5. The van der Waals surface area contributed by atoms with E-state index in [1.165, 1.54) is 13.0 Å². The molecule has 2 aliphatic rings. The van der Waals surface area contributed by atoms with Gasteiger partial charge >= 0.3 is 12.0 Å². The van der Waals surface area contributed by atoms with Crippen LogP contribution in [0.5, 0.6) is 0 Å². The molecule has 1 aromatic rings. The van der Waals surface area contributed by atoms with Gasteiger partial charge in [-0.1, -0.05) is 24.9 Å². The van der Waals surface area contributed by atoms with Crippen LogP contribution in [0.25, 0.3) is 0 Å². The van der Waals surface area contributed by atoms with Gasteiger partial charge in [0.15, 0.2) is 11.9 Å². The highest BCUT2D eigenvalue weighted by molar-refractivity contribution is 6.09. The molecule has 4 amide bonds. The fourth-order valence-electron chi connectivity index (χ4n) is 3.71. The van der Waals surface area contributed by atoms with Gasteiger partial charge in [0.2, 0.25) is 0 Å². The van der Waals surface area contributed by atoms with Crippen molar-refractivity contribution in [3.05, 3.63) is 11.8 Å². The summed E-state index contributed by atoms with van der Waals surface area (Å²) in [6.45, 7) is 4.44. The Kier molecular flexibility index (Phi) is 5.39. The number of esters is 1. The Morgan fingerprint density at radius 3 is 2.86 bits per heavy atom. The van der Waals surface area contributed by atoms with Crippen LogP contribution in [-0.2, 0) is 19.1 Å². The quantitative estimate of drug-likeness (QED) is 0.571. The number of nitrogens with zero attached hydrogens (tertiary/aromatic N) is 2. The van der Waals surface area contributed by atoms with Gasteiger partial charge in [-0.25, -0.2) is 4.79 Å². The number of carbonyl (C=O) groups is 4. The number of ether oxygens (including phenoxy) is 1. The van der Waals surface area contributed by atoms with Crippen LogP contribution in [0, 0.1) is 12.8 Å².